The summed E-state index contributed by atoms with van der Waals surface area (Å²) in [5.74, 6) is -0.339. The van der Waals surface area contributed by atoms with Crippen LogP contribution in [0.15, 0.2) is 42.5 Å². The topological polar surface area (TPSA) is 46.6 Å². The lowest BCUT2D eigenvalue weighted by atomic mass is 10.0. The van der Waals surface area contributed by atoms with Gasteiger partial charge in [0.05, 0.1) is 6.04 Å². The summed E-state index contributed by atoms with van der Waals surface area (Å²) in [4.78, 5) is 24.7. The molecule has 0 saturated carbocycles. The van der Waals surface area contributed by atoms with E-state index < -0.39 is 12.2 Å². The fraction of sp³-hybridized carbons (Fsp3) is 0.286. The number of hydrogen-bond acceptors (Lipinski definition) is 3. The minimum absolute atomic E-state index is 0.302. The molecule has 94 valence electrons. The maximum atomic E-state index is 11.8. The van der Waals surface area contributed by atoms with Crippen LogP contribution >= 0.6 is 0 Å². The fourth-order valence-corrected chi connectivity index (χ4v) is 2.07. The first kappa shape index (κ1) is 12.4. The molecule has 0 aliphatic carbocycles. The Hall–Kier alpha value is -2.10. The van der Waals surface area contributed by atoms with Crippen LogP contribution in [0.4, 0.5) is 4.79 Å². The molecule has 1 aliphatic heterocycles. The Labute approximate surface area is 106 Å². The molecule has 0 N–H and O–H groups in total. The lowest BCUT2D eigenvalue weighted by Crippen LogP contribution is -2.36. The summed E-state index contributed by atoms with van der Waals surface area (Å²) < 4.78 is 5.27. The van der Waals surface area contributed by atoms with Gasteiger partial charge in [0, 0.05) is 0 Å². The van der Waals surface area contributed by atoms with Crippen molar-refractivity contribution in [3.63, 3.8) is 0 Å². The number of imide groups is 1. The summed E-state index contributed by atoms with van der Waals surface area (Å²) in [6.07, 6.45) is 2.00. The lowest BCUT2D eigenvalue weighted by Gasteiger charge is -2.17. The van der Waals surface area contributed by atoms with Crippen LogP contribution in [0.1, 0.15) is 25.5 Å². The van der Waals surface area contributed by atoms with Gasteiger partial charge in [-0.3, -0.25) is 4.79 Å². The number of hydrogen-bond donors (Lipinski definition) is 0. The van der Waals surface area contributed by atoms with Gasteiger partial charge in [-0.2, -0.15) is 0 Å². The predicted molar refractivity (Wildman–Crippen MR) is 66.8 cm³/mol. The standard InChI is InChI=1S/C14H15NO3/c1-3-7-12(16)15-10(2)13(18-14(15)17)11-8-5-4-6-9-11/h3-10,13H,1-2H3/t10-,13-/m1/s1. The van der Waals surface area contributed by atoms with Crippen LogP contribution < -0.4 is 0 Å². The number of carbonyl (C=O) groups is 2. The number of amides is 2. The van der Waals surface area contributed by atoms with Gasteiger partial charge in [-0.1, -0.05) is 36.4 Å². The van der Waals surface area contributed by atoms with Gasteiger partial charge in [0.1, 0.15) is 6.10 Å². The quantitative estimate of drug-likeness (QED) is 0.752. The molecule has 2 atom stereocenters. The van der Waals surface area contributed by atoms with E-state index in [4.69, 9.17) is 4.74 Å². The second-order valence-electron chi connectivity index (χ2n) is 4.16. The first-order chi connectivity index (χ1) is 8.65. The zero-order valence-electron chi connectivity index (χ0n) is 10.4. The van der Waals surface area contributed by atoms with Gasteiger partial charge in [-0.15, -0.1) is 0 Å². The smallest absolute Gasteiger partial charge is 0.417 e. The molecule has 0 aromatic heterocycles. The Bertz CT molecular complexity index is 481. The highest BCUT2D eigenvalue weighted by Gasteiger charge is 2.42. The molecule has 1 saturated heterocycles. The maximum absolute atomic E-state index is 11.8. The van der Waals surface area contributed by atoms with Gasteiger partial charge in [-0.25, -0.2) is 9.69 Å². The molecule has 2 amide bonds. The fourth-order valence-electron chi connectivity index (χ4n) is 2.07. The second kappa shape index (κ2) is 5.04. The highest BCUT2D eigenvalue weighted by molar-refractivity contribution is 5.99. The predicted octanol–water partition coefficient (Wildman–Crippen LogP) is 2.67. The first-order valence-corrected chi connectivity index (χ1v) is 5.86. The maximum Gasteiger partial charge on any atom is 0.417 e. The normalized spacial score (nSPS) is 23.4. The Balaban J connectivity index is 2.24. The zero-order chi connectivity index (χ0) is 13.1. The molecule has 1 aromatic carbocycles. The molecule has 1 heterocycles. The first-order valence-electron chi connectivity index (χ1n) is 5.86. The van der Waals surface area contributed by atoms with Crippen molar-refractivity contribution in [2.24, 2.45) is 0 Å². The number of nitrogens with zero attached hydrogens (tertiary/aromatic N) is 1. The average Bonchev–Trinajstić information content (AvgIpc) is 2.66. The van der Waals surface area contributed by atoms with E-state index in [9.17, 15) is 9.59 Å². The van der Waals surface area contributed by atoms with Gasteiger partial charge in [-0.05, 0) is 25.5 Å². The van der Waals surface area contributed by atoms with Crippen molar-refractivity contribution in [2.45, 2.75) is 26.0 Å². The highest BCUT2D eigenvalue weighted by atomic mass is 16.6. The van der Waals surface area contributed by atoms with Crippen molar-refractivity contribution in [3.05, 3.63) is 48.0 Å². The number of ether oxygens (including phenoxy) is 1. The van der Waals surface area contributed by atoms with Gasteiger partial charge < -0.3 is 4.74 Å². The second-order valence-corrected chi connectivity index (χ2v) is 4.16. The summed E-state index contributed by atoms with van der Waals surface area (Å²) in [6.45, 7) is 3.54. The number of benzene rings is 1. The van der Waals surface area contributed by atoms with Crippen LogP contribution in [-0.2, 0) is 9.53 Å². The number of cyclic esters (lactones) is 1. The van der Waals surface area contributed by atoms with Gasteiger partial charge in [0.2, 0.25) is 0 Å². The van der Waals surface area contributed by atoms with Crippen LogP contribution in [-0.4, -0.2) is 22.9 Å². The molecule has 0 radical (unpaired) electrons. The largest absolute Gasteiger partial charge is 0.439 e. The zero-order valence-corrected chi connectivity index (χ0v) is 10.4. The van der Waals surface area contributed by atoms with E-state index in [-0.39, 0.29) is 11.9 Å². The summed E-state index contributed by atoms with van der Waals surface area (Å²) in [7, 11) is 0. The van der Waals surface area contributed by atoms with E-state index >= 15 is 0 Å². The summed E-state index contributed by atoms with van der Waals surface area (Å²) >= 11 is 0. The van der Waals surface area contributed by atoms with Gasteiger partial charge in [0.15, 0.2) is 0 Å². The van der Waals surface area contributed by atoms with E-state index in [0.717, 1.165) is 10.5 Å². The van der Waals surface area contributed by atoms with E-state index in [0.29, 0.717) is 0 Å². The number of carbonyl (C=O) groups excluding carboxylic acids is 2. The Morgan fingerprint density at radius 3 is 2.61 bits per heavy atom. The molecule has 4 nitrogen and oxygen atoms in total. The van der Waals surface area contributed by atoms with Crippen molar-refractivity contribution in [1.82, 2.24) is 4.90 Å². The Morgan fingerprint density at radius 1 is 1.33 bits per heavy atom. The molecule has 1 aromatic rings. The Kier molecular flexibility index (Phi) is 3.46. The molecule has 1 fully saturated rings. The van der Waals surface area contributed by atoms with E-state index in [2.05, 4.69) is 0 Å². The molecule has 4 heteroatoms. The van der Waals surface area contributed by atoms with Crippen molar-refractivity contribution < 1.29 is 14.3 Å². The van der Waals surface area contributed by atoms with Crippen molar-refractivity contribution in [2.75, 3.05) is 0 Å². The van der Waals surface area contributed by atoms with Crippen LogP contribution in [0, 0.1) is 0 Å². The monoisotopic (exact) mass is 245 g/mol. The van der Waals surface area contributed by atoms with Crippen molar-refractivity contribution in [1.29, 1.82) is 0 Å². The third kappa shape index (κ3) is 2.14. The molecule has 1 aliphatic rings. The third-order valence-electron chi connectivity index (χ3n) is 2.94. The van der Waals surface area contributed by atoms with Crippen LogP contribution in [0.25, 0.3) is 0 Å². The molecule has 0 unspecified atom stereocenters. The van der Waals surface area contributed by atoms with E-state index in [1.165, 1.54) is 6.08 Å². The van der Waals surface area contributed by atoms with Crippen molar-refractivity contribution in [3.8, 4) is 0 Å². The van der Waals surface area contributed by atoms with E-state index in [1.54, 1.807) is 13.0 Å². The molecule has 18 heavy (non-hydrogen) atoms. The minimum atomic E-state index is -0.584. The van der Waals surface area contributed by atoms with Gasteiger partial charge in [0.25, 0.3) is 5.91 Å². The number of allylic oxidation sites excluding steroid dienone is 1. The minimum Gasteiger partial charge on any atom is -0.439 e. The molecule has 0 bridgehead atoms. The summed E-state index contributed by atoms with van der Waals surface area (Å²) in [5.41, 5.74) is 0.897. The summed E-state index contributed by atoms with van der Waals surface area (Å²) in [5, 5.41) is 0. The number of rotatable bonds is 2. The third-order valence-corrected chi connectivity index (χ3v) is 2.94. The lowest BCUT2D eigenvalue weighted by molar-refractivity contribution is -0.124. The van der Waals surface area contributed by atoms with E-state index in [1.807, 2.05) is 37.3 Å². The van der Waals surface area contributed by atoms with Gasteiger partial charge >= 0.3 is 6.09 Å². The average molecular weight is 245 g/mol. The van der Waals surface area contributed by atoms with Crippen LogP contribution in [0.5, 0.6) is 0 Å². The van der Waals surface area contributed by atoms with Crippen molar-refractivity contribution >= 4 is 12.0 Å². The summed E-state index contributed by atoms with van der Waals surface area (Å²) in [6, 6.07) is 9.13. The SMILES string of the molecule is CC=CC(=O)N1C(=O)O[C@@H](c2ccccc2)[C@H]1C. The van der Waals surface area contributed by atoms with Crippen LogP contribution in [0.2, 0.25) is 0 Å². The molecule has 0 spiro atoms. The molecular formula is C14H15NO3. The molecular weight excluding hydrogens is 230 g/mol. The molecule has 2 rings (SSSR count). The van der Waals surface area contributed by atoms with Crippen LogP contribution in [0.3, 0.4) is 0 Å². The Morgan fingerprint density at radius 2 is 2.00 bits per heavy atom. The highest BCUT2D eigenvalue weighted by Crippen LogP contribution is 2.32.